The van der Waals surface area contributed by atoms with Crippen molar-refractivity contribution in [2.75, 3.05) is 35.7 Å². The maximum atomic E-state index is 15.3. The van der Waals surface area contributed by atoms with Gasteiger partial charge in [-0.1, -0.05) is 29.8 Å². The van der Waals surface area contributed by atoms with Crippen LogP contribution in [0.4, 0.5) is 14.9 Å². The maximum absolute atomic E-state index is 15.3. The second-order valence-corrected chi connectivity index (χ2v) is 17.0. The number of carbonyl (C=O) groups excluding carboxylic acids is 1. The molecule has 2 aromatic rings. The number of sulfonamides is 1. The number of nitrogens with one attached hydrogen (secondary N) is 3. The number of anilines is 1. The summed E-state index contributed by atoms with van der Waals surface area (Å²) < 4.78 is 63.1. The van der Waals surface area contributed by atoms with Gasteiger partial charge in [-0.15, -0.1) is 0 Å². The number of piperazine rings is 1. The summed E-state index contributed by atoms with van der Waals surface area (Å²) in [6.45, 7) is 0.818. The Labute approximate surface area is 269 Å². The number of carbonyl (C=O) groups is 2. The van der Waals surface area contributed by atoms with E-state index in [0.29, 0.717) is 49.4 Å². The van der Waals surface area contributed by atoms with E-state index in [4.69, 9.17) is 11.6 Å². The van der Waals surface area contributed by atoms with Gasteiger partial charge in [0.15, 0.2) is 0 Å². The van der Waals surface area contributed by atoms with Crippen LogP contribution >= 0.6 is 22.2 Å². The first-order chi connectivity index (χ1) is 21.3. The van der Waals surface area contributed by atoms with E-state index in [1.54, 1.807) is 30.3 Å². The lowest BCUT2D eigenvalue weighted by Crippen LogP contribution is -2.57. The molecule has 0 radical (unpaired) electrons. The second-order valence-electron chi connectivity index (χ2n) is 12.1. The summed E-state index contributed by atoms with van der Waals surface area (Å²) in [7, 11) is -6.18. The fraction of sp³-hybridized carbons (Fsp3) is 0.533. The van der Waals surface area contributed by atoms with Crippen LogP contribution in [0.1, 0.15) is 49.1 Å². The van der Waals surface area contributed by atoms with Crippen molar-refractivity contribution in [3.63, 3.8) is 0 Å². The monoisotopic (exact) mass is 686 g/mol. The highest BCUT2D eigenvalue weighted by atomic mass is 35.5. The van der Waals surface area contributed by atoms with E-state index in [2.05, 4.69) is 16.0 Å². The van der Waals surface area contributed by atoms with Gasteiger partial charge in [-0.25, -0.2) is 17.6 Å². The molecule has 2 unspecified atom stereocenters. The van der Waals surface area contributed by atoms with Crippen LogP contribution in [-0.2, 0) is 21.2 Å². The van der Waals surface area contributed by atoms with Gasteiger partial charge in [0.25, 0.3) is 0 Å². The van der Waals surface area contributed by atoms with Gasteiger partial charge in [0, 0.05) is 58.9 Å². The zero-order chi connectivity index (χ0) is 32.4. The number of benzene rings is 2. The molecule has 3 saturated heterocycles. The largest absolute Gasteiger partial charge is 0.465 e. The van der Waals surface area contributed by atoms with E-state index >= 15 is 4.39 Å². The zero-order valence-corrected chi connectivity index (χ0v) is 27.1. The van der Waals surface area contributed by atoms with Crippen molar-refractivity contribution in [1.29, 1.82) is 0 Å². The molecule has 2 aromatic carbocycles. The van der Waals surface area contributed by atoms with E-state index in [1.165, 1.54) is 16.4 Å². The number of fused-ring (bicyclic) bond motifs is 2. The molecule has 3 fully saturated rings. The van der Waals surface area contributed by atoms with Crippen LogP contribution < -0.4 is 16.0 Å². The highest BCUT2D eigenvalue weighted by molar-refractivity contribution is 8.24. The molecule has 5 rings (SSSR count). The number of hydrogen-bond acceptors (Lipinski definition) is 7. The fourth-order valence-corrected chi connectivity index (χ4v) is 10.4. The molecule has 3 aliphatic heterocycles. The maximum Gasteiger partial charge on any atom is 0.405 e. The van der Waals surface area contributed by atoms with Crippen molar-refractivity contribution in [1.82, 2.24) is 14.9 Å². The summed E-state index contributed by atoms with van der Waals surface area (Å²) >= 11 is 6.12. The molecule has 6 N–H and O–H groups in total. The predicted molar refractivity (Wildman–Crippen MR) is 173 cm³/mol. The van der Waals surface area contributed by atoms with E-state index < -0.39 is 50.4 Å². The van der Waals surface area contributed by atoms with Crippen molar-refractivity contribution in [2.45, 2.75) is 62.6 Å². The molecule has 11 nitrogen and oxygen atoms in total. The van der Waals surface area contributed by atoms with Gasteiger partial charge in [-0.2, -0.15) is 14.9 Å². The minimum atomic E-state index is -3.44. The molecule has 15 heteroatoms. The minimum absolute atomic E-state index is 0.0787. The predicted octanol–water partition coefficient (Wildman–Crippen LogP) is 4.70. The molecule has 0 aromatic heterocycles. The highest BCUT2D eigenvalue weighted by Gasteiger charge is 2.40. The van der Waals surface area contributed by atoms with Crippen molar-refractivity contribution < 1.29 is 36.6 Å². The van der Waals surface area contributed by atoms with Crippen molar-refractivity contribution in [3.8, 4) is 0 Å². The average molecular weight is 687 g/mol. The number of hydrogen-bond donors (Lipinski definition) is 6. The third kappa shape index (κ3) is 8.28. The molecular weight excluding hydrogens is 647 g/mol. The zero-order valence-electron chi connectivity index (χ0n) is 24.7. The number of carboxylic acid groups (broad SMARTS) is 1. The highest BCUT2D eigenvalue weighted by Crippen LogP contribution is 2.49. The molecule has 2 amide bonds. The summed E-state index contributed by atoms with van der Waals surface area (Å²) in [5, 5.41) is 18.8. The van der Waals surface area contributed by atoms with Crippen molar-refractivity contribution >= 4 is 49.9 Å². The molecule has 3 heterocycles. The van der Waals surface area contributed by atoms with E-state index in [-0.39, 0.29) is 52.9 Å². The molecule has 2 bridgehead atoms. The van der Waals surface area contributed by atoms with Gasteiger partial charge >= 0.3 is 6.09 Å². The van der Waals surface area contributed by atoms with Gasteiger partial charge in [0.1, 0.15) is 11.9 Å². The van der Waals surface area contributed by atoms with Crippen molar-refractivity contribution in [3.05, 3.63) is 64.4 Å². The van der Waals surface area contributed by atoms with Crippen LogP contribution in [-0.4, -0.2) is 87.4 Å². The topological polar surface area (TPSA) is 168 Å². The van der Waals surface area contributed by atoms with E-state index in [1.807, 2.05) is 0 Å². The van der Waals surface area contributed by atoms with Gasteiger partial charge < -0.3 is 21.1 Å². The SMILES string of the molecule is O=C(O)N[C@H](C(=O)Nc1cccc(F)c1CC[C@H]1CNC2CCCS(=O)(=O)N1C2)[C@@H](c1ccc(Cl)cc1)C1CCS(O)(O)CC1. The first kappa shape index (κ1) is 33.9. The normalized spacial score (nSPS) is 26.5. The molecule has 0 spiro atoms. The van der Waals surface area contributed by atoms with Crippen molar-refractivity contribution in [2.24, 2.45) is 5.92 Å². The lowest BCUT2D eigenvalue weighted by molar-refractivity contribution is -0.119. The quantitative estimate of drug-likeness (QED) is 0.221. The van der Waals surface area contributed by atoms with Gasteiger partial charge in [0.05, 0.1) is 5.75 Å². The second kappa shape index (κ2) is 14.1. The van der Waals surface area contributed by atoms with Crippen LogP contribution in [0.25, 0.3) is 0 Å². The molecule has 248 valence electrons. The molecule has 3 aliphatic rings. The van der Waals surface area contributed by atoms with Crippen LogP contribution in [0.3, 0.4) is 0 Å². The summed E-state index contributed by atoms with van der Waals surface area (Å²) in [5.74, 6) is -1.85. The summed E-state index contributed by atoms with van der Waals surface area (Å²) in [4.78, 5) is 26.0. The third-order valence-electron chi connectivity index (χ3n) is 9.18. The lowest BCUT2D eigenvalue weighted by atomic mass is 9.77. The summed E-state index contributed by atoms with van der Waals surface area (Å²) in [6, 6.07) is 9.41. The van der Waals surface area contributed by atoms with Gasteiger partial charge in [-0.05, 0) is 74.3 Å². The third-order valence-corrected chi connectivity index (χ3v) is 13.2. The molecular formula is C30H40ClFN4O7S2. The van der Waals surface area contributed by atoms with E-state index in [0.717, 1.165) is 6.42 Å². The lowest BCUT2D eigenvalue weighted by Gasteiger charge is -2.43. The van der Waals surface area contributed by atoms with Gasteiger partial charge in [-0.3, -0.25) is 13.9 Å². The Balaban J connectivity index is 1.40. The minimum Gasteiger partial charge on any atom is -0.465 e. The first-order valence-electron chi connectivity index (χ1n) is 15.1. The molecule has 45 heavy (non-hydrogen) atoms. The Morgan fingerprint density at radius 2 is 1.78 bits per heavy atom. The first-order valence-corrected chi connectivity index (χ1v) is 19.0. The van der Waals surface area contributed by atoms with Crippen LogP contribution in [0.2, 0.25) is 5.02 Å². The Bertz CT molecular complexity index is 1490. The molecule has 0 saturated carbocycles. The Kier molecular flexibility index (Phi) is 10.6. The average Bonchev–Trinajstić information content (AvgIpc) is 3.09. The van der Waals surface area contributed by atoms with Crippen LogP contribution in [0.5, 0.6) is 0 Å². The fourth-order valence-electron chi connectivity index (χ4n) is 6.86. The summed E-state index contributed by atoms with van der Waals surface area (Å²) in [6.07, 6.45) is 1.12. The Hall–Kier alpha value is -2.46. The smallest absolute Gasteiger partial charge is 0.405 e. The van der Waals surface area contributed by atoms with E-state index in [9.17, 15) is 32.2 Å². The summed E-state index contributed by atoms with van der Waals surface area (Å²) in [5.41, 5.74) is 1.02. The number of amides is 2. The number of halogens is 2. The molecule has 0 aliphatic carbocycles. The number of rotatable bonds is 9. The van der Waals surface area contributed by atoms with Crippen LogP contribution in [0, 0.1) is 11.7 Å². The van der Waals surface area contributed by atoms with Crippen LogP contribution in [0.15, 0.2) is 42.5 Å². The van der Waals surface area contributed by atoms with Gasteiger partial charge in [0.2, 0.25) is 15.9 Å². The Morgan fingerprint density at radius 3 is 2.47 bits per heavy atom. The number of nitrogens with zero attached hydrogens (tertiary/aromatic N) is 1. The standard InChI is InChI=1S/C30H40ClFN4O7S2/c31-21-8-6-19(7-9-21)27(20-12-15-44(40,41)16-13-20)28(35-30(38)39)29(37)34-26-5-1-4-25(32)24(26)11-10-23-17-33-22-3-2-14-45(42,43)36(23)18-22/h1,4-9,20,22-23,27-28,33,35,40-41H,2-3,10-18H2,(H,34,37)(H,38,39)/t22?,23-,27-,28-/m0/s1. The molecule has 5 atom stereocenters. The Morgan fingerprint density at radius 1 is 1.07 bits per heavy atom.